The van der Waals surface area contributed by atoms with Gasteiger partial charge in [0.05, 0.1) is 0 Å². The highest BCUT2D eigenvalue weighted by Crippen LogP contribution is 2.29. The van der Waals surface area contributed by atoms with E-state index in [-0.39, 0.29) is 5.91 Å². The summed E-state index contributed by atoms with van der Waals surface area (Å²) in [5.74, 6) is 1.12. The van der Waals surface area contributed by atoms with E-state index in [0.29, 0.717) is 18.6 Å². The van der Waals surface area contributed by atoms with E-state index < -0.39 is 11.5 Å². The molecule has 1 aliphatic carbocycles. The van der Waals surface area contributed by atoms with Crippen LogP contribution in [0.5, 0.6) is 0 Å². The molecule has 1 atom stereocenters. The van der Waals surface area contributed by atoms with Crippen molar-refractivity contribution in [3.05, 3.63) is 0 Å². The minimum atomic E-state index is -1.01. The summed E-state index contributed by atoms with van der Waals surface area (Å²) in [7, 11) is 0. The van der Waals surface area contributed by atoms with Crippen molar-refractivity contribution in [1.29, 1.82) is 0 Å². The van der Waals surface area contributed by atoms with Crippen LogP contribution in [-0.2, 0) is 9.59 Å². The van der Waals surface area contributed by atoms with Gasteiger partial charge in [0.25, 0.3) is 0 Å². The zero-order chi connectivity index (χ0) is 14.4. The monoisotopic (exact) mass is 299 g/mol. The summed E-state index contributed by atoms with van der Waals surface area (Å²) in [6, 6.07) is 0. The predicted molar refractivity (Wildman–Crippen MR) is 80.9 cm³/mol. The van der Waals surface area contributed by atoms with Crippen LogP contribution in [0.25, 0.3) is 0 Å². The Morgan fingerprint density at radius 2 is 2.00 bits per heavy atom. The molecule has 2 N–H and O–H groups in total. The molecule has 2 rings (SSSR count). The Balaban J connectivity index is 1.70. The number of aliphatic carboxylic acids is 1. The first-order valence-electron chi connectivity index (χ1n) is 7.74. The van der Waals surface area contributed by atoms with Crippen molar-refractivity contribution in [1.82, 2.24) is 5.32 Å². The number of amides is 1. The molecule has 0 aromatic carbocycles. The summed E-state index contributed by atoms with van der Waals surface area (Å²) in [5, 5.41) is 12.1. The van der Waals surface area contributed by atoms with Crippen LogP contribution in [0.3, 0.4) is 0 Å². The lowest BCUT2D eigenvalue weighted by molar-refractivity contribution is -0.146. The van der Waals surface area contributed by atoms with Gasteiger partial charge in [0.2, 0.25) is 5.91 Å². The van der Waals surface area contributed by atoms with E-state index in [2.05, 4.69) is 5.32 Å². The fraction of sp³-hybridized carbons (Fsp3) is 0.867. The molecule has 2 fully saturated rings. The second-order valence-electron chi connectivity index (χ2n) is 6.13. The Morgan fingerprint density at radius 1 is 1.25 bits per heavy atom. The first-order valence-corrected chi connectivity index (χ1v) is 8.90. The van der Waals surface area contributed by atoms with E-state index in [4.69, 9.17) is 0 Å². The highest BCUT2D eigenvalue weighted by Gasteiger charge is 2.43. The number of hydrogen-bond donors (Lipinski definition) is 2. The van der Waals surface area contributed by atoms with Gasteiger partial charge >= 0.3 is 5.97 Å². The maximum Gasteiger partial charge on any atom is 0.330 e. The Bertz CT molecular complexity index is 347. The Morgan fingerprint density at radius 3 is 2.60 bits per heavy atom. The largest absolute Gasteiger partial charge is 0.479 e. The van der Waals surface area contributed by atoms with Crippen LogP contribution in [-0.4, -0.2) is 34.0 Å². The third kappa shape index (κ3) is 4.14. The summed E-state index contributed by atoms with van der Waals surface area (Å²) in [5.41, 5.74) is -1.01. The van der Waals surface area contributed by atoms with E-state index >= 15 is 0 Å². The molecule has 1 saturated heterocycles. The standard InChI is InChI=1S/C15H25NO3S/c17-13(8-4-7-12-5-2-1-3-6-12)16-15(14(18)19)9-10-20-11-15/h12H,1-11H2,(H,16,17)(H,18,19). The van der Waals surface area contributed by atoms with Gasteiger partial charge in [-0.25, -0.2) is 4.79 Å². The molecule has 1 amide bonds. The first-order chi connectivity index (χ1) is 9.62. The molecule has 114 valence electrons. The molecule has 1 saturated carbocycles. The van der Waals surface area contributed by atoms with E-state index in [1.807, 2.05) is 0 Å². The molecular weight excluding hydrogens is 274 g/mol. The SMILES string of the molecule is O=C(CCCC1CCCCC1)NC1(C(=O)O)CCSC1. The van der Waals surface area contributed by atoms with Crippen molar-refractivity contribution in [3.63, 3.8) is 0 Å². The smallest absolute Gasteiger partial charge is 0.330 e. The van der Waals surface area contributed by atoms with Crippen molar-refractivity contribution in [3.8, 4) is 0 Å². The van der Waals surface area contributed by atoms with Crippen LogP contribution in [0.2, 0.25) is 0 Å². The predicted octanol–water partition coefficient (Wildman–Crippen LogP) is 2.81. The van der Waals surface area contributed by atoms with E-state index in [1.54, 1.807) is 11.8 Å². The molecule has 1 aliphatic heterocycles. The molecule has 1 unspecified atom stereocenters. The normalized spacial score (nSPS) is 27.4. The van der Waals surface area contributed by atoms with Crippen LogP contribution in [0.1, 0.15) is 57.8 Å². The summed E-state index contributed by atoms with van der Waals surface area (Å²) in [6.45, 7) is 0. The summed E-state index contributed by atoms with van der Waals surface area (Å²) >= 11 is 1.60. The Kier molecular flexibility index (Phi) is 5.75. The van der Waals surface area contributed by atoms with Crippen LogP contribution in [0.4, 0.5) is 0 Å². The molecule has 2 aliphatic rings. The lowest BCUT2D eigenvalue weighted by Crippen LogP contribution is -2.54. The zero-order valence-electron chi connectivity index (χ0n) is 12.0. The van der Waals surface area contributed by atoms with E-state index in [0.717, 1.165) is 24.5 Å². The van der Waals surface area contributed by atoms with Gasteiger partial charge in [-0.1, -0.05) is 32.1 Å². The molecule has 0 radical (unpaired) electrons. The fourth-order valence-corrected chi connectivity index (χ4v) is 4.57. The third-order valence-electron chi connectivity index (χ3n) is 4.55. The lowest BCUT2D eigenvalue weighted by atomic mass is 9.86. The van der Waals surface area contributed by atoms with Crippen LogP contribution in [0.15, 0.2) is 0 Å². The van der Waals surface area contributed by atoms with Crippen molar-refractivity contribution < 1.29 is 14.7 Å². The van der Waals surface area contributed by atoms with Gasteiger partial charge in [-0.2, -0.15) is 11.8 Å². The summed E-state index contributed by atoms with van der Waals surface area (Å²) in [6.07, 6.45) is 9.63. The van der Waals surface area contributed by atoms with Gasteiger partial charge in [0, 0.05) is 12.2 Å². The number of carbonyl (C=O) groups is 2. The summed E-state index contributed by atoms with van der Waals surface area (Å²) in [4.78, 5) is 23.3. The van der Waals surface area contributed by atoms with Crippen molar-refractivity contribution in [2.45, 2.75) is 63.3 Å². The number of carbonyl (C=O) groups excluding carboxylic acids is 1. The fourth-order valence-electron chi connectivity index (χ4n) is 3.24. The first kappa shape index (κ1) is 15.7. The van der Waals surface area contributed by atoms with Crippen LogP contribution in [0, 0.1) is 5.92 Å². The van der Waals surface area contributed by atoms with Crippen LogP contribution >= 0.6 is 11.8 Å². The number of thioether (sulfide) groups is 1. The van der Waals surface area contributed by atoms with Crippen LogP contribution < -0.4 is 5.32 Å². The summed E-state index contributed by atoms with van der Waals surface area (Å²) < 4.78 is 0. The van der Waals surface area contributed by atoms with Gasteiger partial charge < -0.3 is 10.4 Å². The van der Waals surface area contributed by atoms with Gasteiger partial charge in [-0.3, -0.25) is 4.79 Å². The minimum Gasteiger partial charge on any atom is -0.479 e. The topological polar surface area (TPSA) is 66.4 Å². The number of carboxylic acid groups (broad SMARTS) is 1. The quantitative estimate of drug-likeness (QED) is 0.791. The number of carboxylic acids is 1. The van der Waals surface area contributed by atoms with Gasteiger partial charge in [-0.15, -0.1) is 0 Å². The number of hydrogen-bond acceptors (Lipinski definition) is 3. The maximum atomic E-state index is 12.0. The molecular formula is C15H25NO3S. The number of nitrogens with one attached hydrogen (secondary N) is 1. The van der Waals surface area contributed by atoms with E-state index in [1.165, 1.54) is 32.1 Å². The Labute approximate surface area is 125 Å². The van der Waals surface area contributed by atoms with Gasteiger partial charge in [-0.05, 0) is 30.9 Å². The molecule has 5 heteroatoms. The molecule has 0 aromatic heterocycles. The van der Waals surface area contributed by atoms with Crippen molar-refractivity contribution in [2.75, 3.05) is 11.5 Å². The molecule has 0 aromatic rings. The number of rotatable bonds is 6. The molecule has 0 bridgehead atoms. The molecule has 20 heavy (non-hydrogen) atoms. The molecule has 0 spiro atoms. The maximum absolute atomic E-state index is 12.0. The lowest BCUT2D eigenvalue weighted by Gasteiger charge is -2.25. The van der Waals surface area contributed by atoms with Gasteiger partial charge in [0.1, 0.15) is 5.54 Å². The highest BCUT2D eigenvalue weighted by molar-refractivity contribution is 7.99. The zero-order valence-corrected chi connectivity index (χ0v) is 12.8. The Hall–Kier alpha value is -0.710. The average molecular weight is 299 g/mol. The van der Waals surface area contributed by atoms with Crippen molar-refractivity contribution in [2.24, 2.45) is 5.92 Å². The highest BCUT2D eigenvalue weighted by atomic mass is 32.2. The third-order valence-corrected chi connectivity index (χ3v) is 5.74. The second kappa shape index (κ2) is 7.34. The van der Waals surface area contributed by atoms with Crippen molar-refractivity contribution >= 4 is 23.6 Å². The molecule has 1 heterocycles. The van der Waals surface area contributed by atoms with Gasteiger partial charge in [0.15, 0.2) is 0 Å². The minimum absolute atomic E-state index is 0.0919. The average Bonchev–Trinajstić information content (AvgIpc) is 2.90. The second-order valence-corrected chi connectivity index (χ2v) is 7.24. The molecule has 4 nitrogen and oxygen atoms in total. The van der Waals surface area contributed by atoms with E-state index in [9.17, 15) is 14.7 Å².